The maximum absolute atomic E-state index is 14.2. The third kappa shape index (κ3) is 16.0. The van der Waals surface area contributed by atoms with E-state index in [1.807, 2.05) is 30.3 Å². The summed E-state index contributed by atoms with van der Waals surface area (Å²) in [7, 11) is 0. The molecule has 12 nitrogen and oxygen atoms in total. The summed E-state index contributed by atoms with van der Waals surface area (Å²) in [6, 6.07) is 53.2. The molecule has 1 aliphatic carbocycles. The van der Waals surface area contributed by atoms with Gasteiger partial charge in [-0.2, -0.15) is 0 Å². The van der Waals surface area contributed by atoms with Gasteiger partial charge in [-0.3, -0.25) is 4.79 Å². The van der Waals surface area contributed by atoms with Crippen LogP contribution in [0.1, 0.15) is 39.8 Å². The van der Waals surface area contributed by atoms with Crippen LogP contribution in [0.15, 0.2) is 212 Å². The zero-order chi connectivity index (χ0) is 50.3. The molecule has 0 N–H and O–H groups in total. The Morgan fingerprint density at radius 3 is 0.736 bits per heavy atom. The Balaban J connectivity index is 1.36. The normalized spacial score (nSPS) is 18.7. The van der Waals surface area contributed by atoms with E-state index in [2.05, 4.69) is 0 Å². The van der Waals surface area contributed by atoms with Crippen LogP contribution in [0.5, 0.6) is 0 Å². The minimum atomic E-state index is -1.91. The van der Waals surface area contributed by atoms with Crippen molar-refractivity contribution in [3.63, 3.8) is 0 Å². The molecule has 1 saturated carbocycles. The van der Waals surface area contributed by atoms with Gasteiger partial charge >= 0.3 is 35.8 Å². The van der Waals surface area contributed by atoms with Gasteiger partial charge in [0.25, 0.3) is 0 Å². The highest BCUT2D eigenvalue weighted by atomic mass is 16.7. The quantitative estimate of drug-likeness (QED) is 0.0431. The molecular weight excluding hydrogens is 913 g/mol. The molecule has 6 aromatic rings. The average molecular weight is 963 g/mol. The van der Waals surface area contributed by atoms with E-state index in [1.165, 1.54) is 30.4 Å². The van der Waals surface area contributed by atoms with E-state index in [-0.39, 0.29) is 12.8 Å². The first kappa shape index (κ1) is 50.7. The van der Waals surface area contributed by atoms with E-state index < -0.39 is 72.4 Å². The molecule has 0 radical (unpaired) electrons. The Kier molecular flexibility index (Phi) is 18.7. The molecule has 1 aliphatic rings. The molecule has 6 aromatic carbocycles. The number of hydrogen-bond donors (Lipinski definition) is 0. The van der Waals surface area contributed by atoms with Gasteiger partial charge in [-0.25, -0.2) is 24.0 Å². The van der Waals surface area contributed by atoms with Crippen molar-refractivity contribution in [2.75, 3.05) is 0 Å². The van der Waals surface area contributed by atoms with Crippen molar-refractivity contribution >= 4 is 66.2 Å². The number of benzene rings is 6. The van der Waals surface area contributed by atoms with Crippen molar-refractivity contribution in [3.05, 3.63) is 246 Å². The Morgan fingerprint density at radius 1 is 0.292 bits per heavy atom. The molecule has 4 unspecified atom stereocenters. The molecule has 0 amide bonds. The van der Waals surface area contributed by atoms with E-state index in [0.29, 0.717) is 27.8 Å². The molecule has 12 heteroatoms. The molecule has 0 aliphatic heterocycles. The largest absolute Gasteiger partial charge is 0.454 e. The van der Waals surface area contributed by atoms with Gasteiger partial charge in [0.05, 0.1) is 0 Å². The first-order valence-corrected chi connectivity index (χ1v) is 23.1. The summed E-state index contributed by atoms with van der Waals surface area (Å²) in [4.78, 5) is 84.6. The summed E-state index contributed by atoms with van der Waals surface area (Å²) < 4.78 is 36.8. The minimum Gasteiger partial charge on any atom is -0.454 e. The van der Waals surface area contributed by atoms with Crippen molar-refractivity contribution in [2.45, 2.75) is 49.5 Å². The molecule has 0 aromatic heterocycles. The smallest absolute Gasteiger partial charge is 0.331 e. The van der Waals surface area contributed by atoms with Crippen LogP contribution in [-0.4, -0.2) is 72.4 Å². The van der Waals surface area contributed by atoms with E-state index in [0.717, 1.165) is 35.9 Å². The van der Waals surface area contributed by atoms with E-state index in [1.54, 1.807) is 152 Å². The molecular formula is C60H50O12. The number of ether oxygens (including phenoxy) is 6. The molecule has 0 spiro atoms. The second-order valence-electron chi connectivity index (χ2n) is 16.2. The first-order valence-electron chi connectivity index (χ1n) is 23.1. The average Bonchev–Trinajstić information content (AvgIpc) is 3.42. The topological polar surface area (TPSA) is 158 Å². The third-order valence-electron chi connectivity index (χ3n) is 11.0. The first-order chi connectivity index (χ1) is 35.2. The minimum absolute atomic E-state index is 0.209. The summed E-state index contributed by atoms with van der Waals surface area (Å²) >= 11 is 0. The fourth-order valence-corrected chi connectivity index (χ4v) is 7.54. The summed E-state index contributed by atoms with van der Waals surface area (Å²) in [5.41, 5.74) is 3.92. The number of rotatable bonds is 19. The van der Waals surface area contributed by atoms with Gasteiger partial charge < -0.3 is 28.4 Å². The maximum Gasteiger partial charge on any atom is 0.331 e. The molecule has 1 fully saturated rings. The zero-order valence-electron chi connectivity index (χ0n) is 38.9. The number of hydrogen-bond acceptors (Lipinski definition) is 12. The van der Waals surface area contributed by atoms with Crippen molar-refractivity contribution in [1.29, 1.82) is 0 Å². The molecule has 362 valence electrons. The molecule has 0 saturated heterocycles. The summed E-state index contributed by atoms with van der Waals surface area (Å²) in [5.74, 6) is -5.94. The maximum atomic E-state index is 14.2. The predicted octanol–water partition coefficient (Wildman–Crippen LogP) is 9.67. The van der Waals surface area contributed by atoms with Crippen LogP contribution < -0.4 is 0 Å². The second kappa shape index (κ2) is 26.6. The lowest BCUT2D eigenvalue weighted by Crippen LogP contribution is -2.69. The predicted molar refractivity (Wildman–Crippen MR) is 271 cm³/mol. The zero-order valence-corrected chi connectivity index (χ0v) is 38.9. The van der Waals surface area contributed by atoms with Crippen molar-refractivity contribution in [3.8, 4) is 0 Å². The van der Waals surface area contributed by atoms with Crippen LogP contribution in [0.3, 0.4) is 0 Å². The van der Waals surface area contributed by atoms with Crippen LogP contribution in [0, 0.1) is 0 Å². The lowest BCUT2D eigenvalue weighted by atomic mass is 9.83. The van der Waals surface area contributed by atoms with Crippen molar-refractivity contribution < 1.29 is 57.2 Å². The summed E-state index contributed by atoms with van der Waals surface area (Å²) in [6.07, 6.45) is 1.45. The van der Waals surface area contributed by atoms with Gasteiger partial charge in [-0.05, 0) is 70.2 Å². The summed E-state index contributed by atoms with van der Waals surface area (Å²) in [6.45, 7) is 0. The Labute approximate surface area is 417 Å². The molecule has 7 rings (SSSR count). The van der Waals surface area contributed by atoms with Crippen molar-refractivity contribution in [1.82, 2.24) is 0 Å². The lowest BCUT2D eigenvalue weighted by Gasteiger charge is -2.46. The number of aryl methyl sites for hydroxylation is 1. The van der Waals surface area contributed by atoms with Gasteiger partial charge in [0.15, 0.2) is 36.6 Å². The molecule has 0 bridgehead atoms. The van der Waals surface area contributed by atoms with E-state index in [9.17, 15) is 28.8 Å². The molecule has 72 heavy (non-hydrogen) atoms. The van der Waals surface area contributed by atoms with Crippen LogP contribution in [0.2, 0.25) is 0 Å². The van der Waals surface area contributed by atoms with E-state index >= 15 is 0 Å². The monoisotopic (exact) mass is 962 g/mol. The number of carbonyl (C=O) groups is 6. The number of esters is 6. The van der Waals surface area contributed by atoms with E-state index in [4.69, 9.17) is 28.4 Å². The lowest BCUT2D eigenvalue weighted by molar-refractivity contribution is -0.257. The third-order valence-corrected chi connectivity index (χ3v) is 11.0. The molecule has 0 heterocycles. The fourth-order valence-electron chi connectivity index (χ4n) is 7.54. The van der Waals surface area contributed by atoms with Gasteiger partial charge in [0, 0.05) is 36.8 Å². The highest BCUT2D eigenvalue weighted by Crippen LogP contribution is 2.35. The summed E-state index contributed by atoms with van der Waals surface area (Å²) in [5, 5.41) is 0. The Bertz CT molecular complexity index is 2740. The van der Waals surface area contributed by atoms with Gasteiger partial charge in [-0.15, -0.1) is 0 Å². The Morgan fingerprint density at radius 2 is 0.500 bits per heavy atom. The van der Waals surface area contributed by atoms with Crippen LogP contribution >= 0.6 is 0 Å². The highest BCUT2D eigenvalue weighted by molar-refractivity contribution is 5.91. The molecule has 4 atom stereocenters. The van der Waals surface area contributed by atoms with Gasteiger partial charge in [0.2, 0.25) is 0 Å². The van der Waals surface area contributed by atoms with Crippen molar-refractivity contribution in [2.24, 2.45) is 0 Å². The second-order valence-corrected chi connectivity index (χ2v) is 16.2. The van der Waals surface area contributed by atoms with Gasteiger partial charge in [-0.1, -0.05) is 182 Å². The Hall–Kier alpha value is -9.16. The van der Waals surface area contributed by atoms with Gasteiger partial charge in [0.1, 0.15) is 0 Å². The fraction of sp³-hybridized carbons (Fsp3) is 0.133. The highest BCUT2D eigenvalue weighted by Gasteiger charge is 2.61. The van der Waals surface area contributed by atoms with Crippen LogP contribution in [-0.2, 0) is 63.6 Å². The standard InChI is InChI=1S/C60H50O12/c61-49(37-31-43-19-7-1-8-20-43)67-55-56(68-50(62)38-32-44-21-9-2-10-22-44)58(70-52(64)40-34-46-25-13-4-14-26-46)60(72-54(66)42-36-48-29-17-6-18-30-48)59(71-53(65)41-35-47-27-15-5-16-28-47)57(55)69-51(63)39-33-45-23-11-3-12-24-45/h1-35,37-41,55-60H,36,42H2/b37-31+,38-32+,39-33+,40-34+,41-35+. The SMILES string of the molecule is O=C(/C=C/c1ccccc1)OC1C(OC(=O)/C=C/c2ccccc2)C(OC(=O)/C=C/c2ccccc2)C(OC(=O)CCc2ccccc2)C(OC(=O)/C=C/c2ccccc2)C1OC(=O)/C=C/c1ccccc1. The van der Waals surface area contributed by atoms with Crippen LogP contribution in [0.25, 0.3) is 30.4 Å². The number of carbonyl (C=O) groups excluding carboxylic acids is 6. The van der Waals surface area contributed by atoms with Crippen LogP contribution in [0.4, 0.5) is 0 Å².